The van der Waals surface area contributed by atoms with Crippen molar-refractivity contribution in [1.29, 1.82) is 0 Å². The fourth-order valence-electron chi connectivity index (χ4n) is 6.59. The zero-order valence-corrected chi connectivity index (χ0v) is 26.0. The van der Waals surface area contributed by atoms with E-state index < -0.39 is 0 Å². The van der Waals surface area contributed by atoms with Crippen molar-refractivity contribution in [2.24, 2.45) is 11.8 Å². The number of likely N-dealkylation sites (tertiary alicyclic amines) is 1. The molecular weight excluding hydrogens is 438 g/mol. The van der Waals surface area contributed by atoms with Crippen LogP contribution >= 0.6 is 0 Å². The van der Waals surface area contributed by atoms with E-state index in [1.165, 1.54) is 141 Å². The second-order valence-corrected chi connectivity index (χ2v) is 12.6. The minimum atomic E-state index is 0.478. The van der Waals surface area contributed by atoms with Gasteiger partial charge in [-0.25, -0.2) is 0 Å². The second-order valence-electron chi connectivity index (χ2n) is 12.6. The van der Waals surface area contributed by atoms with Gasteiger partial charge in [0.15, 0.2) is 0 Å². The van der Waals surface area contributed by atoms with Crippen LogP contribution in [0.5, 0.6) is 0 Å². The number of unbranched alkanes of at least 4 members (excludes halogenated alkanes) is 10. The Balaban J connectivity index is 2.48. The van der Waals surface area contributed by atoms with Gasteiger partial charge >= 0.3 is 0 Å². The van der Waals surface area contributed by atoms with E-state index in [9.17, 15) is 0 Å². The van der Waals surface area contributed by atoms with Crippen molar-refractivity contribution in [3.05, 3.63) is 0 Å². The van der Waals surface area contributed by atoms with E-state index in [1.54, 1.807) is 0 Å². The Kier molecular flexibility index (Phi) is 21.6. The Morgan fingerprint density at radius 1 is 0.556 bits per heavy atom. The minimum Gasteiger partial charge on any atom is -0.378 e. The maximum absolute atomic E-state index is 6.56. The van der Waals surface area contributed by atoms with Gasteiger partial charge in [-0.05, 0) is 57.8 Å². The van der Waals surface area contributed by atoms with E-state index in [2.05, 4.69) is 46.4 Å². The van der Waals surface area contributed by atoms with Crippen LogP contribution in [-0.2, 0) is 4.74 Å². The molecule has 0 aromatic rings. The molecule has 0 amide bonds. The number of nitrogens with zero attached hydrogens (tertiary/aromatic N) is 1. The Morgan fingerprint density at radius 2 is 1.00 bits per heavy atom. The second kappa shape index (κ2) is 22.9. The number of ether oxygens (including phenoxy) is 1. The van der Waals surface area contributed by atoms with Crippen molar-refractivity contribution < 1.29 is 4.74 Å². The van der Waals surface area contributed by atoms with Crippen LogP contribution in [0, 0.1) is 11.8 Å². The fraction of sp³-hybridized carbons (Fsp3) is 1.00. The van der Waals surface area contributed by atoms with Crippen LogP contribution in [0.25, 0.3) is 0 Å². The molecule has 1 aliphatic heterocycles. The fourth-order valence-corrected chi connectivity index (χ4v) is 6.59. The Bertz CT molecular complexity index is 454. The van der Waals surface area contributed by atoms with Gasteiger partial charge in [0.05, 0.1) is 6.10 Å². The molecule has 2 heteroatoms. The summed E-state index contributed by atoms with van der Waals surface area (Å²) in [7, 11) is 0. The molecule has 3 unspecified atom stereocenters. The lowest BCUT2D eigenvalue weighted by molar-refractivity contribution is -0.0427. The zero-order chi connectivity index (χ0) is 26.4. The predicted octanol–water partition coefficient (Wildman–Crippen LogP) is 11.0. The van der Waals surface area contributed by atoms with E-state index in [0.717, 1.165) is 18.4 Å². The van der Waals surface area contributed by atoms with Gasteiger partial charge in [-0.2, -0.15) is 0 Å². The van der Waals surface area contributed by atoms with Crippen LogP contribution in [0.2, 0.25) is 0 Å². The first-order valence-corrected chi connectivity index (χ1v) is 16.9. The normalized spacial score (nSPS) is 22.7. The van der Waals surface area contributed by atoms with Crippen LogP contribution in [0.1, 0.15) is 176 Å². The van der Waals surface area contributed by atoms with Gasteiger partial charge in [-0.15, -0.1) is 0 Å². The van der Waals surface area contributed by atoms with Crippen molar-refractivity contribution >= 4 is 0 Å². The van der Waals surface area contributed by atoms with E-state index in [-0.39, 0.29) is 0 Å². The van der Waals surface area contributed by atoms with Crippen LogP contribution in [0.15, 0.2) is 0 Å². The summed E-state index contributed by atoms with van der Waals surface area (Å²) in [6, 6.07) is 1.33. The van der Waals surface area contributed by atoms with Gasteiger partial charge in [0.25, 0.3) is 0 Å². The van der Waals surface area contributed by atoms with Crippen LogP contribution < -0.4 is 0 Å². The molecule has 0 spiro atoms. The summed E-state index contributed by atoms with van der Waals surface area (Å²) < 4.78 is 6.56. The number of hydrogen-bond donors (Lipinski definition) is 0. The topological polar surface area (TPSA) is 12.5 Å². The first-order valence-electron chi connectivity index (χ1n) is 16.9. The summed E-state index contributed by atoms with van der Waals surface area (Å²) in [6.07, 6.45) is 29.5. The molecule has 0 aromatic heterocycles. The summed E-state index contributed by atoms with van der Waals surface area (Å²) in [4.78, 5) is 2.87. The molecule has 1 rings (SSSR count). The smallest absolute Gasteiger partial charge is 0.0604 e. The largest absolute Gasteiger partial charge is 0.378 e. The first-order chi connectivity index (χ1) is 17.5. The quantitative estimate of drug-likeness (QED) is 0.120. The molecule has 2 nitrogen and oxygen atoms in total. The Labute approximate surface area is 229 Å². The standard InChI is InChI=1S/C34H69NO/c1-7-11-15-17-20-24-33(23-19-16-12-8-2)29-35-30(5)27-34(28-31(35)6)36-26-25-32(21-14-10-4)22-18-13-9-3/h30-34H,7-29H2,1-6H3/t30-,31+,32?,33?,34?. The average Bonchev–Trinajstić information content (AvgIpc) is 2.86. The molecule has 1 fully saturated rings. The summed E-state index contributed by atoms with van der Waals surface area (Å²) in [5, 5.41) is 0. The average molecular weight is 508 g/mol. The molecule has 0 radical (unpaired) electrons. The molecule has 216 valence electrons. The third-order valence-corrected chi connectivity index (χ3v) is 9.05. The van der Waals surface area contributed by atoms with Crippen molar-refractivity contribution in [2.75, 3.05) is 13.2 Å². The SMILES string of the molecule is CCCCCCCC(CCCCCC)CN1[C@H](C)CC(OCCC(CCCC)CCCCC)C[C@@H]1C. The van der Waals surface area contributed by atoms with E-state index >= 15 is 0 Å². The highest BCUT2D eigenvalue weighted by Crippen LogP contribution is 2.30. The maximum Gasteiger partial charge on any atom is 0.0604 e. The molecule has 0 aromatic carbocycles. The first kappa shape index (κ1) is 33.9. The zero-order valence-electron chi connectivity index (χ0n) is 26.0. The van der Waals surface area contributed by atoms with Gasteiger partial charge in [-0.1, -0.05) is 130 Å². The third kappa shape index (κ3) is 16.0. The molecule has 5 atom stereocenters. The lowest BCUT2D eigenvalue weighted by atomic mass is 9.89. The van der Waals surface area contributed by atoms with Gasteiger partial charge in [0.1, 0.15) is 0 Å². The number of hydrogen-bond acceptors (Lipinski definition) is 2. The van der Waals surface area contributed by atoms with Crippen molar-refractivity contribution in [1.82, 2.24) is 4.90 Å². The predicted molar refractivity (Wildman–Crippen MR) is 162 cm³/mol. The van der Waals surface area contributed by atoms with Crippen molar-refractivity contribution in [3.8, 4) is 0 Å². The molecule has 0 saturated carbocycles. The third-order valence-electron chi connectivity index (χ3n) is 9.05. The summed E-state index contributed by atoms with van der Waals surface area (Å²) in [6.45, 7) is 16.6. The molecule has 1 saturated heterocycles. The monoisotopic (exact) mass is 508 g/mol. The van der Waals surface area contributed by atoms with Crippen molar-refractivity contribution in [3.63, 3.8) is 0 Å². The summed E-state index contributed by atoms with van der Waals surface area (Å²) in [5.41, 5.74) is 0. The van der Waals surface area contributed by atoms with Crippen LogP contribution in [0.3, 0.4) is 0 Å². The van der Waals surface area contributed by atoms with Gasteiger partial charge < -0.3 is 4.74 Å². The van der Waals surface area contributed by atoms with E-state index in [1.807, 2.05) is 0 Å². The summed E-state index contributed by atoms with van der Waals surface area (Å²) >= 11 is 0. The van der Waals surface area contributed by atoms with Gasteiger partial charge in [-0.3, -0.25) is 4.90 Å². The van der Waals surface area contributed by atoms with Gasteiger partial charge in [0.2, 0.25) is 0 Å². The maximum atomic E-state index is 6.56. The summed E-state index contributed by atoms with van der Waals surface area (Å²) in [5.74, 6) is 1.78. The van der Waals surface area contributed by atoms with E-state index in [4.69, 9.17) is 4.74 Å². The molecule has 36 heavy (non-hydrogen) atoms. The van der Waals surface area contributed by atoms with Gasteiger partial charge in [0, 0.05) is 25.2 Å². The highest BCUT2D eigenvalue weighted by Gasteiger charge is 2.32. The molecule has 1 heterocycles. The van der Waals surface area contributed by atoms with Crippen LogP contribution in [0.4, 0.5) is 0 Å². The molecule has 0 N–H and O–H groups in total. The molecular formula is C34H69NO. The lowest BCUT2D eigenvalue weighted by Gasteiger charge is -2.44. The Morgan fingerprint density at radius 3 is 1.58 bits per heavy atom. The number of rotatable bonds is 24. The minimum absolute atomic E-state index is 0.478. The van der Waals surface area contributed by atoms with Crippen molar-refractivity contribution in [2.45, 2.75) is 195 Å². The van der Waals surface area contributed by atoms with E-state index in [0.29, 0.717) is 18.2 Å². The molecule has 1 aliphatic rings. The Hall–Kier alpha value is -0.0800. The molecule has 0 bridgehead atoms. The number of piperidine rings is 1. The highest BCUT2D eigenvalue weighted by molar-refractivity contribution is 4.86. The molecule has 0 aliphatic carbocycles. The highest BCUT2D eigenvalue weighted by atomic mass is 16.5. The lowest BCUT2D eigenvalue weighted by Crippen LogP contribution is -2.50. The van der Waals surface area contributed by atoms with Crippen LogP contribution in [-0.4, -0.2) is 36.2 Å².